The van der Waals surface area contributed by atoms with Crippen LogP contribution in [0, 0.1) is 6.92 Å². The van der Waals surface area contributed by atoms with E-state index in [-0.39, 0.29) is 11.9 Å². The Morgan fingerprint density at radius 2 is 2.00 bits per heavy atom. The number of hydrogen-bond acceptors (Lipinski definition) is 5. The molecular weight excluding hydrogens is 366 g/mol. The molecule has 2 aliphatic rings. The van der Waals surface area contributed by atoms with Crippen LogP contribution in [0.3, 0.4) is 0 Å². The molecule has 156 valence electrons. The van der Waals surface area contributed by atoms with Gasteiger partial charge in [0.05, 0.1) is 19.3 Å². The SMILES string of the molecule is COc1ccc(CN2CCCC(n3cc(C(=O)N4CCCCC4)nn3)C2)cc1C. The maximum absolute atomic E-state index is 12.7. The zero-order valence-corrected chi connectivity index (χ0v) is 17.5. The van der Waals surface area contributed by atoms with Crippen LogP contribution in [0.2, 0.25) is 0 Å². The summed E-state index contributed by atoms with van der Waals surface area (Å²) >= 11 is 0. The molecule has 0 N–H and O–H groups in total. The minimum absolute atomic E-state index is 0.0253. The summed E-state index contributed by atoms with van der Waals surface area (Å²) in [7, 11) is 1.71. The molecule has 2 aromatic rings. The summed E-state index contributed by atoms with van der Waals surface area (Å²) in [6.45, 7) is 6.67. The zero-order chi connectivity index (χ0) is 20.2. The van der Waals surface area contributed by atoms with Gasteiger partial charge in [-0.3, -0.25) is 9.69 Å². The van der Waals surface area contributed by atoms with Crippen LogP contribution in [0.4, 0.5) is 0 Å². The van der Waals surface area contributed by atoms with Crippen molar-refractivity contribution in [2.24, 2.45) is 0 Å². The van der Waals surface area contributed by atoms with Crippen molar-refractivity contribution in [3.63, 3.8) is 0 Å². The summed E-state index contributed by atoms with van der Waals surface area (Å²) in [5, 5.41) is 8.51. The van der Waals surface area contributed by atoms with Gasteiger partial charge in [-0.2, -0.15) is 0 Å². The summed E-state index contributed by atoms with van der Waals surface area (Å²) < 4.78 is 7.27. The number of piperidine rings is 2. The van der Waals surface area contributed by atoms with Crippen LogP contribution >= 0.6 is 0 Å². The third-order valence-corrected chi connectivity index (χ3v) is 6.09. The van der Waals surface area contributed by atoms with Gasteiger partial charge in [-0.05, 0) is 62.8 Å². The van der Waals surface area contributed by atoms with Gasteiger partial charge < -0.3 is 9.64 Å². The Morgan fingerprint density at radius 3 is 2.76 bits per heavy atom. The molecule has 2 fully saturated rings. The van der Waals surface area contributed by atoms with E-state index in [2.05, 4.69) is 34.3 Å². The molecule has 1 atom stereocenters. The largest absolute Gasteiger partial charge is 0.496 e. The topological polar surface area (TPSA) is 63.5 Å². The molecule has 1 unspecified atom stereocenters. The maximum Gasteiger partial charge on any atom is 0.276 e. The molecule has 1 aromatic heterocycles. The lowest BCUT2D eigenvalue weighted by Crippen LogP contribution is -2.36. The van der Waals surface area contributed by atoms with E-state index in [1.165, 1.54) is 12.0 Å². The minimum atomic E-state index is 0.0253. The molecule has 7 heteroatoms. The lowest BCUT2D eigenvalue weighted by atomic mass is 10.0. The second-order valence-corrected chi connectivity index (χ2v) is 8.27. The molecule has 2 saturated heterocycles. The summed E-state index contributed by atoms with van der Waals surface area (Å²) in [6.07, 6.45) is 7.42. The number of amides is 1. The Kier molecular flexibility index (Phi) is 6.13. The summed E-state index contributed by atoms with van der Waals surface area (Å²) in [6, 6.07) is 6.65. The van der Waals surface area contributed by atoms with Crippen molar-refractivity contribution in [1.29, 1.82) is 0 Å². The molecule has 0 spiro atoms. The first-order valence-corrected chi connectivity index (χ1v) is 10.7. The molecule has 0 bridgehead atoms. The number of hydrogen-bond donors (Lipinski definition) is 0. The van der Waals surface area contributed by atoms with E-state index in [1.807, 2.05) is 21.8 Å². The fourth-order valence-electron chi connectivity index (χ4n) is 4.50. The number of aromatic nitrogens is 3. The fraction of sp³-hybridized carbons (Fsp3) is 0.591. The molecule has 0 saturated carbocycles. The molecule has 1 amide bonds. The van der Waals surface area contributed by atoms with Crippen molar-refractivity contribution in [2.45, 2.75) is 51.6 Å². The number of ether oxygens (including phenoxy) is 1. The van der Waals surface area contributed by atoms with Crippen LogP contribution in [0.1, 0.15) is 59.8 Å². The average molecular weight is 398 g/mol. The molecule has 1 aromatic carbocycles. The highest BCUT2D eigenvalue weighted by Gasteiger charge is 2.25. The lowest BCUT2D eigenvalue weighted by Gasteiger charge is -2.32. The molecule has 4 rings (SSSR count). The van der Waals surface area contributed by atoms with Crippen LogP contribution in [0.25, 0.3) is 0 Å². The van der Waals surface area contributed by atoms with Crippen molar-refractivity contribution in [3.05, 3.63) is 41.2 Å². The van der Waals surface area contributed by atoms with Crippen LogP contribution < -0.4 is 4.74 Å². The van der Waals surface area contributed by atoms with E-state index in [1.54, 1.807) is 7.11 Å². The van der Waals surface area contributed by atoms with Gasteiger partial charge in [0.15, 0.2) is 5.69 Å². The van der Waals surface area contributed by atoms with Crippen LogP contribution in [-0.2, 0) is 6.54 Å². The number of benzene rings is 1. The van der Waals surface area contributed by atoms with Crippen LogP contribution in [0.5, 0.6) is 5.75 Å². The first kappa shape index (κ1) is 19.9. The van der Waals surface area contributed by atoms with Gasteiger partial charge in [0, 0.05) is 26.2 Å². The molecule has 3 heterocycles. The van der Waals surface area contributed by atoms with Crippen molar-refractivity contribution in [1.82, 2.24) is 24.8 Å². The van der Waals surface area contributed by atoms with Crippen molar-refractivity contribution in [3.8, 4) is 5.75 Å². The Balaban J connectivity index is 1.39. The fourth-order valence-corrected chi connectivity index (χ4v) is 4.50. The van der Waals surface area contributed by atoms with Gasteiger partial charge >= 0.3 is 0 Å². The molecule has 7 nitrogen and oxygen atoms in total. The third kappa shape index (κ3) is 4.61. The van der Waals surface area contributed by atoms with E-state index >= 15 is 0 Å². The summed E-state index contributed by atoms with van der Waals surface area (Å²) in [5.41, 5.74) is 2.94. The predicted molar refractivity (Wildman–Crippen MR) is 111 cm³/mol. The molecule has 29 heavy (non-hydrogen) atoms. The van der Waals surface area contributed by atoms with Gasteiger partial charge in [0.2, 0.25) is 0 Å². The van der Waals surface area contributed by atoms with E-state index in [0.717, 1.165) is 69.7 Å². The van der Waals surface area contributed by atoms with Gasteiger partial charge in [-0.15, -0.1) is 5.10 Å². The third-order valence-electron chi connectivity index (χ3n) is 6.09. The first-order chi connectivity index (χ1) is 14.1. The second kappa shape index (κ2) is 8.95. The van der Waals surface area contributed by atoms with Gasteiger partial charge in [-0.1, -0.05) is 17.3 Å². The van der Waals surface area contributed by atoms with E-state index in [0.29, 0.717) is 5.69 Å². The first-order valence-electron chi connectivity index (χ1n) is 10.7. The number of likely N-dealkylation sites (tertiary alicyclic amines) is 2. The second-order valence-electron chi connectivity index (χ2n) is 8.27. The maximum atomic E-state index is 12.7. The van der Waals surface area contributed by atoms with Gasteiger partial charge in [0.25, 0.3) is 5.91 Å². The molecule has 2 aliphatic heterocycles. The zero-order valence-electron chi connectivity index (χ0n) is 17.5. The Morgan fingerprint density at radius 1 is 1.17 bits per heavy atom. The smallest absolute Gasteiger partial charge is 0.276 e. The standard InChI is InChI=1S/C22H31N5O2/c1-17-13-18(8-9-21(17)29-2)14-25-10-6-7-19(15-25)27-16-20(23-24-27)22(28)26-11-4-3-5-12-26/h8-9,13,16,19H,3-7,10-12,14-15H2,1-2H3. The number of rotatable bonds is 5. The van der Waals surface area contributed by atoms with Crippen molar-refractivity contribution in [2.75, 3.05) is 33.3 Å². The van der Waals surface area contributed by atoms with Crippen molar-refractivity contribution < 1.29 is 9.53 Å². The number of methoxy groups -OCH3 is 1. The Hall–Kier alpha value is -2.41. The molecular formula is C22H31N5O2. The minimum Gasteiger partial charge on any atom is -0.496 e. The predicted octanol–water partition coefficient (Wildman–Crippen LogP) is 3.06. The van der Waals surface area contributed by atoms with Gasteiger partial charge in [-0.25, -0.2) is 4.68 Å². The number of carbonyl (C=O) groups excluding carboxylic acids is 1. The van der Waals surface area contributed by atoms with E-state index < -0.39 is 0 Å². The number of carbonyl (C=O) groups is 1. The van der Waals surface area contributed by atoms with E-state index in [9.17, 15) is 4.79 Å². The van der Waals surface area contributed by atoms with Crippen LogP contribution in [-0.4, -0.2) is 64.0 Å². The Labute approximate surface area is 172 Å². The quantitative estimate of drug-likeness (QED) is 0.776. The Bertz CT molecular complexity index is 843. The highest BCUT2D eigenvalue weighted by atomic mass is 16.5. The highest BCUT2D eigenvalue weighted by molar-refractivity contribution is 5.91. The van der Waals surface area contributed by atoms with E-state index in [4.69, 9.17) is 4.74 Å². The number of aryl methyl sites for hydroxylation is 1. The molecule has 0 radical (unpaired) electrons. The summed E-state index contributed by atoms with van der Waals surface area (Å²) in [4.78, 5) is 17.1. The average Bonchev–Trinajstić information content (AvgIpc) is 3.24. The van der Waals surface area contributed by atoms with Gasteiger partial charge in [0.1, 0.15) is 5.75 Å². The monoisotopic (exact) mass is 397 g/mol. The van der Waals surface area contributed by atoms with Crippen molar-refractivity contribution >= 4 is 5.91 Å². The van der Waals surface area contributed by atoms with Crippen LogP contribution in [0.15, 0.2) is 24.4 Å². The summed E-state index contributed by atoms with van der Waals surface area (Å²) in [5.74, 6) is 0.955. The highest BCUT2D eigenvalue weighted by Crippen LogP contribution is 2.24. The number of nitrogens with zero attached hydrogens (tertiary/aromatic N) is 5. The normalized spacial score (nSPS) is 20.6. The molecule has 0 aliphatic carbocycles. The lowest BCUT2D eigenvalue weighted by molar-refractivity contribution is 0.0718.